The lowest BCUT2D eigenvalue weighted by atomic mass is 10.2. The second-order valence-corrected chi connectivity index (χ2v) is 10.1. The van der Waals surface area contributed by atoms with E-state index < -0.39 is 10.0 Å². The van der Waals surface area contributed by atoms with Gasteiger partial charge in [0.05, 0.1) is 9.77 Å². The van der Waals surface area contributed by atoms with Crippen molar-refractivity contribution in [1.82, 2.24) is 9.21 Å². The predicted molar refractivity (Wildman–Crippen MR) is 103 cm³/mol. The van der Waals surface area contributed by atoms with Gasteiger partial charge in [-0.15, -0.1) is 11.3 Å². The minimum atomic E-state index is -3.53. The molecule has 1 aromatic heterocycles. The maximum atomic E-state index is 12.8. The third-order valence-electron chi connectivity index (χ3n) is 4.24. The van der Waals surface area contributed by atoms with Gasteiger partial charge < -0.3 is 4.90 Å². The summed E-state index contributed by atoms with van der Waals surface area (Å²) in [6, 6.07) is 8.79. The van der Waals surface area contributed by atoms with Gasteiger partial charge in [0.15, 0.2) is 0 Å². The highest BCUT2D eigenvalue weighted by molar-refractivity contribution is 9.10. The Morgan fingerprint density at radius 1 is 1.08 bits per heavy atom. The van der Waals surface area contributed by atoms with Crippen LogP contribution in [-0.2, 0) is 10.0 Å². The average molecular weight is 443 g/mol. The highest BCUT2D eigenvalue weighted by atomic mass is 79.9. The first-order valence-corrected chi connectivity index (χ1v) is 11.0. The van der Waals surface area contributed by atoms with Crippen LogP contribution >= 0.6 is 27.3 Å². The molecule has 1 amide bonds. The maximum Gasteiger partial charge on any atom is 0.264 e. The fourth-order valence-electron chi connectivity index (χ4n) is 2.76. The summed E-state index contributed by atoms with van der Waals surface area (Å²) in [5.74, 6) is -0.0189. The zero-order valence-corrected chi connectivity index (χ0v) is 17.2. The monoisotopic (exact) mass is 442 g/mol. The molecule has 0 aliphatic carbocycles. The Morgan fingerprint density at radius 3 is 2.32 bits per heavy atom. The van der Waals surface area contributed by atoms with Crippen LogP contribution in [-0.4, -0.2) is 49.7 Å². The molecule has 0 unspecified atom stereocenters. The van der Waals surface area contributed by atoms with E-state index in [0.717, 1.165) is 14.9 Å². The van der Waals surface area contributed by atoms with Crippen LogP contribution in [0, 0.1) is 13.8 Å². The van der Waals surface area contributed by atoms with Gasteiger partial charge in [-0.05, 0) is 49.7 Å². The zero-order chi connectivity index (χ0) is 18.2. The lowest BCUT2D eigenvalue weighted by Crippen LogP contribution is -2.50. The Morgan fingerprint density at radius 2 is 1.76 bits per heavy atom. The van der Waals surface area contributed by atoms with E-state index >= 15 is 0 Å². The van der Waals surface area contributed by atoms with Crippen LogP contribution in [0.3, 0.4) is 0 Å². The summed E-state index contributed by atoms with van der Waals surface area (Å²) in [5.41, 5.74) is 0.878. The molecule has 2 aromatic rings. The van der Waals surface area contributed by atoms with Crippen molar-refractivity contribution in [3.05, 3.63) is 50.1 Å². The number of halogens is 1. The molecular weight excluding hydrogens is 424 g/mol. The number of carbonyl (C=O) groups is 1. The largest absolute Gasteiger partial charge is 0.335 e. The van der Waals surface area contributed by atoms with Crippen molar-refractivity contribution < 1.29 is 13.2 Å². The number of thiophene rings is 1. The summed E-state index contributed by atoms with van der Waals surface area (Å²) in [7, 11) is -3.53. The number of rotatable bonds is 3. The first-order valence-electron chi connectivity index (χ1n) is 7.91. The van der Waals surface area contributed by atoms with Crippen LogP contribution in [0.1, 0.15) is 20.1 Å². The molecule has 5 nitrogen and oxygen atoms in total. The Kier molecular flexibility index (Phi) is 5.34. The minimum absolute atomic E-state index is 0.0189. The highest BCUT2D eigenvalue weighted by Gasteiger charge is 2.30. The molecule has 8 heteroatoms. The number of carbonyl (C=O) groups excluding carboxylic acids is 1. The summed E-state index contributed by atoms with van der Waals surface area (Å²) < 4.78 is 28.0. The lowest BCUT2D eigenvalue weighted by Gasteiger charge is -2.33. The van der Waals surface area contributed by atoms with E-state index in [4.69, 9.17) is 0 Å². The van der Waals surface area contributed by atoms with Gasteiger partial charge >= 0.3 is 0 Å². The third-order valence-corrected chi connectivity index (χ3v) is 8.02. The second-order valence-electron chi connectivity index (χ2n) is 6.02. The number of nitrogens with zero attached hydrogens (tertiary/aromatic N) is 2. The SMILES string of the molecule is Cc1ccc(C(=O)N2CCN(S(=O)(=O)c3ccc(Br)c(C)c3)CC2)s1. The smallest absolute Gasteiger partial charge is 0.264 e. The molecule has 1 aromatic carbocycles. The van der Waals surface area contributed by atoms with E-state index in [0.29, 0.717) is 36.0 Å². The highest BCUT2D eigenvalue weighted by Crippen LogP contribution is 2.24. The maximum absolute atomic E-state index is 12.8. The quantitative estimate of drug-likeness (QED) is 0.732. The van der Waals surface area contributed by atoms with Crippen molar-refractivity contribution in [2.24, 2.45) is 0 Å². The predicted octanol–water partition coefficient (Wildman–Crippen LogP) is 3.27. The van der Waals surface area contributed by atoms with E-state index in [-0.39, 0.29) is 5.91 Å². The molecule has 2 heterocycles. The van der Waals surface area contributed by atoms with Crippen LogP contribution in [0.15, 0.2) is 39.7 Å². The van der Waals surface area contributed by atoms with Crippen LogP contribution in [0.4, 0.5) is 0 Å². The van der Waals surface area contributed by atoms with Crippen molar-refractivity contribution >= 4 is 43.2 Å². The summed E-state index contributed by atoms with van der Waals surface area (Å²) in [5, 5.41) is 0. The number of benzene rings is 1. The molecule has 0 radical (unpaired) electrons. The Hall–Kier alpha value is -1.22. The van der Waals surface area contributed by atoms with Crippen LogP contribution in [0.25, 0.3) is 0 Å². The molecule has 0 bridgehead atoms. The summed E-state index contributed by atoms with van der Waals surface area (Å²) >= 11 is 4.86. The van der Waals surface area contributed by atoms with E-state index in [1.54, 1.807) is 23.1 Å². The lowest BCUT2D eigenvalue weighted by molar-refractivity contribution is 0.0703. The molecule has 1 fully saturated rings. The third kappa shape index (κ3) is 3.81. The Balaban J connectivity index is 1.71. The van der Waals surface area contributed by atoms with E-state index in [1.165, 1.54) is 15.6 Å². The van der Waals surface area contributed by atoms with E-state index in [1.807, 2.05) is 26.0 Å². The van der Waals surface area contributed by atoms with Crippen molar-refractivity contribution in [2.45, 2.75) is 18.7 Å². The van der Waals surface area contributed by atoms with Crippen molar-refractivity contribution in [2.75, 3.05) is 26.2 Å². The molecule has 0 saturated carbocycles. The van der Waals surface area contributed by atoms with Crippen molar-refractivity contribution in [3.8, 4) is 0 Å². The molecule has 0 spiro atoms. The fourth-order valence-corrected chi connectivity index (χ4v) is 5.35. The van der Waals surface area contributed by atoms with Crippen molar-refractivity contribution in [3.63, 3.8) is 0 Å². The molecule has 25 heavy (non-hydrogen) atoms. The van der Waals surface area contributed by atoms with Crippen molar-refractivity contribution in [1.29, 1.82) is 0 Å². The van der Waals surface area contributed by atoms with Crippen LogP contribution < -0.4 is 0 Å². The van der Waals surface area contributed by atoms with E-state index in [9.17, 15) is 13.2 Å². The van der Waals surface area contributed by atoms with Gasteiger partial charge in [-0.1, -0.05) is 15.9 Å². The normalized spacial score (nSPS) is 16.2. The zero-order valence-electron chi connectivity index (χ0n) is 14.0. The summed E-state index contributed by atoms with van der Waals surface area (Å²) in [6.45, 7) is 5.27. The number of amides is 1. The molecule has 3 rings (SSSR count). The first-order chi connectivity index (χ1) is 11.8. The fraction of sp³-hybridized carbons (Fsp3) is 0.353. The number of piperazine rings is 1. The number of aryl methyl sites for hydroxylation is 2. The molecule has 1 aliphatic rings. The summed E-state index contributed by atoms with van der Waals surface area (Å²) in [4.78, 5) is 16.3. The average Bonchev–Trinajstić information content (AvgIpc) is 3.03. The number of hydrogen-bond donors (Lipinski definition) is 0. The first kappa shape index (κ1) is 18.6. The minimum Gasteiger partial charge on any atom is -0.335 e. The second kappa shape index (κ2) is 7.19. The molecule has 134 valence electrons. The van der Waals surface area contributed by atoms with Crippen LogP contribution in [0.5, 0.6) is 0 Å². The van der Waals surface area contributed by atoms with Gasteiger partial charge in [-0.25, -0.2) is 8.42 Å². The number of hydrogen-bond acceptors (Lipinski definition) is 4. The molecule has 0 atom stereocenters. The molecular formula is C17H19BrN2O3S2. The topological polar surface area (TPSA) is 57.7 Å². The number of sulfonamides is 1. The van der Waals surface area contributed by atoms with Crippen LogP contribution in [0.2, 0.25) is 0 Å². The van der Waals surface area contributed by atoms with Gasteiger partial charge in [0.2, 0.25) is 10.0 Å². The van der Waals surface area contributed by atoms with Gasteiger partial charge in [-0.3, -0.25) is 4.79 Å². The van der Waals surface area contributed by atoms with Gasteiger partial charge in [0, 0.05) is 35.5 Å². The molecule has 1 aliphatic heterocycles. The molecule has 1 saturated heterocycles. The van der Waals surface area contributed by atoms with E-state index in [2.05, 4.69) is 15.9 Å². The van der Waals surface area contributed by atoms with Gasteiger partial charge in [-0.2, -0.15) is 4.31 Å². The summed E-state index contributed by atoms with van der Waals surface area (Å²) in [6.07, 6.45) is 0. The Bertz CT molecular complexity index is 900. The van der Waals surface area contributed by atoms with Gasteiger partial charge in [0.1, 0.15) is 0 Å². The standard InChI is InChI=1S/C17H19BrN2O3S2/c1-12-11-14(4-5-15(12)18)25(22,23)20-9-7-19(8-10-20)17(21)16-6-3-13(2)24-16/h3-6,11H,7-10H2,1-2H3. The Labute approximate surface area is 160 Å². The van der Waals surface area contributed by atoms with Gasteiger partial charge in [0.25, 0.3) is 5.91 Å². The molecule has 0 N–H and O–H groups in total.